The summed E-state index contributed by atoms with van der Waals surface area (Å²) in [6.07, 6.45) is 2.60. The van der Waals surface area contributed by atoms with Gasteiger partial charge in [-0.1, -0.05) is 6.07 Å². The summed E-state index contributed by atoms with van der Waals surface area (Å²) in [7, 11) is 0. The fraction of sp³-hybridized carbons (Fsp3) is 0.400. The molecule has 0 radical (unpaired) electrons. The summed E-state index contributed by atoms with van der Waals surface area (Å²) in [5.74, 6) is -0.587. The molecule has 0 bridgehead atoms. The van der Waals surface area contributed by atoms with Crippen molar-refractivity contribution in [3.63, 3.8) is 0 Å². The predicted molar refractivity (Wildman–Crippen MR) is 108 cm³/mol. The molecule has 1 aliphatic heterocycles. The lowest BCUT2D eigenvalue weighted by Gasteiger charge is -2.40. The van der Waals surface area contributed by atoms with Crippen LogP contribution in [0.4, 0.5) is 16.2 Å². The van der Waals surface area contributed by atoms with Crippen LogP contribution in [0, 0.1) is 0 Å². The molecule has 0 saturated carbocycles. The number of nitrogens with zero attached hydrogens (tertiary/aromatic N) is 4. The number of amides is 3. The molecule has 0 aliphatic carbocycles. The van der Waals surface area contributed by atoms with Gasteiger partial charge >= 0.3 is 6.09 Å². The van der Waals surface area contributed by atoms with Gasteiger partial charge in [-0.3, -0.25) is 19.2 Å². The molecule has 1 unspecified atom stereocenters. The predicted octanol–water partition coefficient (Wildman–Crippen LogP) is 2.14. The summed E-state index contributed by atoms with van der Waals surface area (Å²) in [5.41, 5.74) is 8.00. The van der Waals surface area contributed by atoms with Crippen LogP contribution in [-0.4, -0.2) is 46.4 Å². The van der Waals surface area contributed by atoms with Crippen molar-refractivity contribution in [2.45, 2.75) is 46.4 Å². The van der Waals surface area contributed by atoms with Crippen LogP contribution in [-0.2, 0) is 20.9 Å². The molecule has 29 heavy (non-hydrogen) atoms. The monoisotopic (exact) mass is 399 g/mol. The molecule has 1 atom stereocenters. The minimum absolute atomic E-state index is 0.0204. The number of primary amides is 1. The Morgan fingerprint density at radius 2 is 1.97 bits per heavy atom. The van der Waals surface area contributed by atoms with Crippen molar-refractivity contribution in [1.29, 1.82) is 0 Å². The number of rotatable bonds is 4. The summed E-state index contributed by atoms with van der Waals surface area (Å²) < 4.78 is 6.85. The molecule has 1 aromatic carbocycles. The lowest BCUT2D eigenvalue weighted by Crippen LogP contribution is -2.51. The number of ether oxygens (including phenoxy) is 1. The number of benzene rings is 1. The zero-order valence-electron chi connectivity index (χ0n) is 17.0. The number of aromatic nitrogens is 2. The molecule has 3 rings (SSSR count). The van der Waals surface area contributed by atoms with Gasteiger partial charge in [-0.2, -0.15) is 5.10 Å². The summed E-state index contributed by atoms with van der Waals surface area (Å²) in [6.45, 7) is 7.27. The van der Waals surface area contributed by atoms with Crippen molar-refractivity contribution < 1.29 is 19.1 Å². The Hall–Kier alpha value is -3.36. The SMILES string of the molecule is CC(=O)N1c2ccc(-c3cnn(CC(N)=O)c3)cc2N(C(=O)OC(C)C)CC1C. The van der Waals surface area contributed by atoms with E-state index in [1.807, 2.05) is 25.1 Å². The van der Waals surface area contributed by atoms with Crippen LogP contribution >= 0.6 is 0 Å². The van der Waals surface area contributed by atoms with Gasteiger partial charge in [-0.05, 0) is 38.5 Å². The molecule has 0 spiro atoms. The van der Waals surface area contributed by atoms with E-state index in [1.54, 1.807) is 36.0 Å². The number of nitrogens with two attached hydrogens (primary N) is 1. The van der Waals surface area contributed by atoms with Crippen molar-refractivity contribution in [3.05, 3.63) is 30.6 Å². The number of hydrogen-bond donors (Lipinski definition) is 1. The highest BCUT2D eigenvalue weighted by molar-refractivity contribution is 6.03. The van der Waals surface area contributed by atoms with Crippen molar-refractivity contribution in [3.8, 4) is 11.1 Å². The third-order valence-corrected chi connectivity index (χ3v) is 4.59. The van der Waals surface area contributed by atoms with Gasteiger partial charge in [-0.25, -0.2) is 4.79 Å². The minimum atomic E-state index is -0.487. The van der Waals surface area contributed by atoms with E-state index in [9.17, 15) is 14.4 Å². The van der Waals surface area contributed by atoms with E-state index in [0.717, 1.165) is 11.1 Å². The fourth-order valence-corrected chi connectivity index (χ4v) is 3.48. The Bertz CT molecular complexity index is 952. The van der Waals surface area contributed by atoms with Gasteiger partial charge in [-0.15, -0.1) is 0 Å². The molecule has 0 fully saturated rings. The Labute approximate surface area is 169 Å². The van der Waals surface area contributed by atoms with E-state index >= 15 is 0 Å². The smallest absolute Gasteiger partial charge is 0.414 e. The second kappa shape index (κ2) is 7.94. The first kappa shape index (κ1) is 20.4. The Balaban J connectivity index is 2.04. The molecule has 9 nitrogen and oxygen atoms in total. The van der Waals surface area contributed by atoms with Crippen LogP contribution < -0.4 is 15.5 Å². The molecule has 9 heteroatoms. The molecule has 0 saturated heterocycles. The highest BCUT2D eigenvalue weighted by Crippen LogP contribution is 2.39. The van der Waals surface area contributed by atoms with E-state index < -0.39 is 12.0 Å². The fourth-order valence-electron chi connectivity index (χ4n) is 3.48. The van der Waals surface area contributed by atoms with Crippen LogP contribution in [0.2, 0.25) is 0 Å². The van der Waals surface area contributed by atoms with Crippen molar-refractivity contribution in [2.75, 3.05) is 16.3 Å². The van der Waals surface area contributed by atoms with E-state index in [4.69, 9.17) is 10.5 Å². The lowest BCUT2D eigenvalue weighted by molar-refractivity contribution is -0.119. The second-order valence-electron chi connectivity index (χ2n) is 7.38. The third kappa shape index (κ3) is 4.23. The van der Waals surface area contributed by atoms with E-state index in [-0.39, 0.29) is 24.6 Å². The van der Waals surface area contributed by atoms with Crippen LogP contribution in [0.1, 0.15) is 27.7 Å². The summed E-state index contributed by atoms with van der Waals surface area (Å²) in [5, 5.41) is 4.14. The van der Waals surface area contributed by atoms with E-state index in [1.165, 1.54) is 11.6 Å². The van der Waals surface area contributed by atoms with Gasteiger partial charge in [0.15, 0.2) is 0 Å². The topological polar surface area (TPSA) is 111 Å². The Morgan fingerprint density at radius 3 is 2.59 bits per heavy atom. The number of carbonyl (C=O) groups is 3. The van der Waals surface area contributed by atoms with E-state index in [2.05, 4.69) is 5.10 Å². The first-order valence-corrected chi connectivity index (χ1v) is 9.40. The zero-order chi connectivity index (χ0) is 21.3. The number of anilines is 2. The highest BCUT2D eigenvalue weighted by atomic mass is 16.6. The quantitative estimate of drug-likeness (QED) is 0.847. The summed E-state index contributed by atoms with van der Waals surface area (Å²) >= 11 is 0. The van der Waals surface area contributed by atoms with Crippen LogP contribution in [0.15, 0.2) is 30.6 Å². The number of fused-ring (bicyclic) bond motifs is 1. The van der Waals surface area contributed by atoms with Gasteiger partial charge in [0.05, 0.1) is 29.7 Å². The van der Waals surface area contributed by atoms with Crippen molar-refractivity contribution in [2.24, 2.45) is 5.73 Å². The Kier molecular flexibility index (Phi) is 5.58. The molecule has 154 valence electrons. The molecular formula is C20H25N5O4. The second-order valence-corrected chi connectivity index (χ2v) is 7.38. The molecule has 2 heterocycles. The van der Waals surface area contributed by atoms with E-state index in [0.29, 0.717) is 17.9 Å². The molecule has 3 amide bonds. The van der Waals surface area contributed by atoms with Gasteiger partial charge in [0.2, 0.25) is 11.8 Å². The third-order valence-electron chi connectivity index (χ3n) is 4.59. The number of hydrogen-bond acceptors (Lipinski definition) is 5. The lowest BCUT2D eigenvalue weighted by atomic mass is 10.0. The molecule has 2 aromatic rings. The van der Waals surface area contributed by atoms with Crippen LogP contribution in [0.25, 0.3) is 11.1 Å². The molecule has 1 aromatic heterocycles. The van der Waals surface area contributed by atoms with Crippen LogP contribution in [0.5, 0.6) is 0 Å². The first-order valence-electron chi connectivity index (χ1n) is 9.40. The molecule has 2 N–H and O–H groups in total. The molecule has 1 aliphatic rings. The van der Waals surface area contributed by atoms with Crippen molar-refractivity contribution >= 4 is 29.3 Å². The van der Waals surface area contributed by atoms with Gasteiger partial charge in [0.25, 0.3) is 0 Å². The largest absolute Gasteiger partial charge is 0.446 e. The summed E-state index contributed by atoms with van der Waals surface area (Å²) in [6, 6.07) is 5.29. The normalized spacial score (nSPS) is 16.0. The number of carbonyl (C=O) groups excluding carboxylic acids is 3. The maximum atomic E-state index is 12.7. The summed E-state index contributed by atoms with van der Waals surface area (Å²) in [4.78, 5) is 39.3. The van der Waals surface area contributed by atoms with Gasteiger partial charge in [0.1, 0.15) is 6.54 Å². The average molecular weight is 399 g/mol. The van der Waals surface area contributed by atoms with Gasteiger partial charge in [0, 0.05) is 25.2 Å². The maximum Gasteiger partial charge on any atom is 0.414 e. The average Bonchev–Trinajstić information content (AvgIpc) is 3.07. The zero-order valence-corrected chi connectivity index (χ0v) is 17.0. The van der Waals surface area contributed by atoms with Crippen LogP contribution in [0.3, 0.4) is 0 Å². The maximum absolute atomic E-state index is 12.7. The highest BCUT2D eigenvalue weighted by Gasteiger charge is 2.34. The van der Waals surface area contributed by atoms with Crippen molar-refractivity contribution in [1.82, 2.24) is 9.78 Å². The Morgan fingerprint density at radius 1 is 1.24 bits per heavy atom. The minimum Gasteiger partial charge on any atom is -0.446 e. The first-order chi connectivity index (χ1) is 13.7. The molecular weight excluding hydrogens is 374 g/mol. The standard InChI is InChI=1S/C20H25N5O4/c1-12(2)29-20(28)24-9-13(3)25(14(4)26)17-6-5-15(7-18(17)24)16-8-22-23(10-16)11-19(21)27/h5-8,10,12-13H,9,11H2,1-4H3,(H2,21,27). The van der Waals surface area contributed by atoms with Gasteiger partial charge < -0.3 is 15.4 Å².